The fourth-order valence-electron chi connectivity index (χ4n) is 8.84. The van der Waals surface area contributed by atoms with Gasteiger partial charge in [0.05, 0.1) is 0 Å². The summed E-state index contributed by atoms with van der Waals surface area (Å²) < 4.78 is 0. The third-order valence-electron chi connectivity index (χ3n) is 10.6. The summed E-state index contributed by atoms with van der Waals surface area (Å²) in [5.41, 5.74) is 2.17. The average molecular weight is 425 g/mol. The smallest absolute Gasteiger partial charge is 0.331 e. The molecule has 0 aliphatic heterocycles. The molecule has 0 aromatic heterocycles. The highest BCUT2D eigenvalue weighted by molar-refractivity contribution is 5.87. The van der Waals surface area contributed by atoms with Gasteiger partial charge in [-0.3, -0.25) is 4.79 Å². The predicted molar refractivity (Wildman–Crippen MR) is 122 cm³/mol. The van der Waals surface area contributed by atoms with E-state index in [1.165, 1.54) is 56.9 Å². The molecule has 0 saturated heterocycles. The number of fused-ring (bicyclic) bond motifs is 5. The molecule has 3 saturated carbocycles. The van der Waals surface area contributed by atoms with E-state index in [-0.39, 0.29) is 16.7 Å². The number of ketones is 1. The zero-order chi connectivity index (χ0) is 21.8. The van der Waals surface area contributed by atoms with E-state index in [1.807, 2.05) is 6.08 Å². The van der Waals surface area contributed by atoms with Gasteiger partial charge in [-0.1, -0.05) is 52.0 Å². The Morgan fingerprint density at radius 2 is 1.77 bits per heavy atom. The van der Waals surface area contributed by atoms with E-state index in [2.05, 4.69) is 19.9 Å². The van der Waals surface area contributed by atoms with Gasteiger partial charge in [0.2, 0.25) is 0 Å². The number of rotatable bonds is 4. The number of aliphatic carboxylic acids is 1. The molecule has 0 unspecified atom stereocenters. The Bertz CT molecular complexity index is 816. The summed E-state index contributed by atoms with van der Waals surface area (Å²) >= 11 is 0. The zero-order valence-corrected chi connectivity index (χ0v) is 19.5. The molecule has 0 radical (unpaired) electrons. The first-order valence-electron chi connectivity index (χ1n) is 13.0. The number of carboxylic acid groups (broad SMARTS) is 1. The first-order valence-corrected chi connectivity index (χ1v) is 13.0. The van der Waals surface area contributed by atoms with E-state index in [1.54, 1.807) is 0 Å². The van der Waals surface area contributed by atoms with Crippen LogP contribution in [0.25, 0.3) is 0 Å². The normalized spacial score (nSPS) is 42.6. The molecule has 1 N–H and O–H groups in total. The summed E-state index contributed by atoms with van der Waals surface area (Å²) in [4.78, 5) is 25.0. The monoisotopic (exact) mass is 424 g/mol. The molecule has 5 rings (SSSR count). The average Bonchev–Trinajstić information content (AvgIpc) is 3.11. The standard InChI is InChI=1S/C28H40O3/c1-27-14-12-19(26(30)31)17-20(27)8-9-21-22-10-11-24(28(22,2)15-13-23(21)27)25(29)16-18-6-4-3-5-7-18/h8,17-18,21-24H,3-7,9-16H2,1-2H3,(H,30,31)/t21-,22-,23-,24+,27-,28-/m0/s1. The minimum atomic E-state index is -0.753. The molecule has 0 aromatic carbocycles. The Hall–Kier alpha value is -1.38. The van der Waals surface area contributed by atoms with E-state index >= 15 is 0 Å². The maximum Gasteiger partial charge on any atom is 0.331 e. The number of carbonyl (C=O) groups excluding carboxylic acids is 1. The number of hydrogen-bond donors (Lipinski definition) is 1. The van der Waals surface area contributed by atoms with Crippen molar-refractivity contribution in [1.82, 2.24) is 0 Å². The third kappa shape index (κ3) is 3.45. The van der Waals surface area contributed by atoms with Crippen LogP contribution in [-0.4, -0.2) is 16.9 Å². The fraction of sp³-hybridized carbons (Fsp3) is 0.786. The lowest BCUT2D eigenvalue weighted by molar-refractivity contribution is -0.133. The molecule has 5 aliphatic carbocycles. The molecule has 0 aromatic rings. The van der Waals surface area contributed by atoms with Gasteiger partial charge in [-0.15, -0.1) is 0 Å². The van der Waals surface area contributed by atoms with Crippen LogP contribution in [0, 0.1) is 40.4 Å². The summed E-state index contributed by atoms with van der Waals surface area (Å²) in [5, 5.41) is 9.47. The van der Waals surface area contributed by atoms with Crippen molar-refractivity contribution in [2.75, 3.05) is 0 Å². The lowest BCUT2D eigenvalue weighted by Gasteiger charge is -2.57. The van der Waals surface area contributed by atoms with Crippen molar-refractivity contribution in [2.24, 2.45) is 40.4 Å². The molecular weight excluding hydrogens is 384 g/mol. The number of Topliss-reactive ketones (excluding diaryl/α,β-unsaturated/α-hetero) is 1. The second-order valence-electron chi connectivity index (χ2n) is 12.0. The van der Waals surface area contributed by atoms with Crippen molar-refractivity contribution in [2.45, 2.75) is 97.3 Å². The number of carboxylic acids is 1. The van der Waals surface area contributed by atoms with Gasteiger partial charge in [-0.25, -0.2) is 4.79 Å². The van der Waals surface area contributed by atoms with E-state index < -0.39 is 5.97 Å². The van der Waals surface area contributed by atoms with Gasteiger partial charge in [0.15, 0.2) is 0 Å². The molecule has 5 aliphatic rings. The van der Waals surface area contributed by atoms with Crippen LogP contribution in [0.3, 0.4) is 0 Å². The van der Waals surface area contributed by atoms with E-state index in [4.69, 9.17) is 0 Å². The van der Waals surface area contributed by atoms with Gasteiger partial charge in [0.25, 0.3) is 0 Å². The summed E-state index contributed by atoms with van der Waals surface area (Å²) in [5.74, 6) is 2.73. The summed E-state index contributed by atoms with van der Waals surface area (Å²) in [6.07, 6.45) is 19.1. The van der Waals surface area contributed by atoms with Gasteiger partial charge in [-0.05, 0) is 91.1 Å². The Labute approximate surface area is 187 Å². The van der Waals surface area contributed by atoms with E-state index in [0.717, 1.165) is 25.7 Å². The van der Waals surface area contributed by atoms with Crippen LogP contribution in [0.1, 0.15) is 97.3 Å². The fourth-order valence-corrected chi connectivity index (χ4v) is 8.84. The maximum atomic E-state index is 13.4. The molecule has 0 amide bonds. The van der Waals surface area contributed by atoms with Crippen molar-refractivity contribution < 1.29 is 14.7 Å². The predicted octanol–water partition coefficient (Wildman–Crippen LogP) is 6.73. The largest absolute Gasteiger partial charge is 0.478 e. The summed E-state index contributed by atoms with van der Waals surface area (Å²) in [6.45, 7) is 4.85. The van der Waals surface area contributed by atoms with Crippen molar-refractivity contribution in [3.05, 3.63) is 23.3 Å². The van der Waals surface area contributed by atoms with Crippen LogP contribution in [0.5, 0.6) is 0 Å². The molecule has 3 heteroatoms. The topological polar surface area (TPSA) is 54.4 Å². The molecule has 6 atom stereocenters. The van der Waals surface area contributed by atoms with Crippen LogP contribution >= 0.6 is 0 Å². The minimum Gasteiger partial charge on any atom is -0.478 e. The minimum absolute atomic E-state index is 0.118. The summed E-state index contributed by atoms with van der Waals surface area (Å²) in [7, 11) is 0. The van der Waals surface area contributed by atoms with Crippen molar-refractivity contribution in [3.63, 3.8) is 0 Å². The zero-order valence-electron chi connectivity index (χ0n) is 19.5. The van der Waals surface area contributed by atoms with Crippen LogP contribution in [0.4, 0.5) is 0 Å². The molecule has 0 spiro atoms. The van der Waals surface area contributed by atoms with Crippen molar-refractivity contribution in [1.29, 1.82) is 0 Å². The summed E-state index contributed by atoms with van der Waals surface area (Å²) in [6, 6.07) is 0. The highest BCUT2D eigenvalue weighted by Gasteiger charge is 2.59. The lowest BCUT2D eigenvalue weighted by Crippen LogP contribution is -2.50. The first kappa shape index (κ1) is 21.5. The van der Waals surface area contributed by atoms with Crippen LogP contribution in [-0.2, 0) is 9.59 Å². The Morgan fingerprint density at radius 1 is 1.00 bits per heavy atom. The van der Waals surface area contributed by atoms with Crippen molar-refractivity contribution in [3.8, 4) is 0 Å². The molecule has 0 bridgehead atoms. The molecule has 170 valence electrons. The third-order valence-corrected chi connectivity index (χ3v) is 10.6. The highest BCUT2D eigenvalue weighted by atomic mass is 16.4. The molecule has 3 nitrogen and oxygen atoms in total. The second kappa shape index (κ2) is 7.89. The highest BCUT2D eigenvalue weighted by Crippen LogP contribution is 2.66. The SMILES string of the molecule is C[C@]12CC[C@H]3[C@@H](CC=C4C=C(C(=O)O)CC[C@@]43C)[C@@H]1CC[C@@H]2C(=O)CC1CCCCC1. The van der Waals surface area contributed by atoms with E-state index in [0.29, 0.717) is 41.4 Å². The molecule has 0 heterocycles. The van der Waals surface area contributed by atoms with Gasteiger partial charge >= 0.3 is 5.97 Å². The van der Waals surface area contributed by atoms with Gasteiger partial charge in [0, 0.05) is 17.9 Å². The van der Waals surface area contributed by atoms with Gasteiger partial charge < -0.3 is 5.11 Å². The molecular formula is C28H40O3. The lowest BCUT2D eigenvalue weighted by atomic mass is 9.47. The molecule has 31 heavy (non-hydrogen) atoms. The Morgan fingerprint density at radius 3 is 2.52 bits per heavy atom. The van der Waals surface area contributed by atoms with Gasteiger partial charge in [0.1, 0.15) is 5.78 Å². The number of carbonyl (C=O) groups is 2. The number of hydrogen-bond acceptors (Lipinski definition) is 2. The van der Waals surface area contributed by atoms with Gasteiger partial charge in [-0.2, -0.15) is 0 Å². The van der Waals surface area contributed by atoms with Crippen LogP contribution in [0.2, 0.25) is 0 Å². The Balaban J connectivity index is 1.35. The Kier molecular flexibility index (Phi) is 5.46. The molecule has 3 fully saturated rings. The number of allylic oxidation sites excluding steroid dienone is 3. The van der Waals surface area contributed by atoms with Crippen LogP contribution in [0.15, 0.2) is 23.3 Å². The second-order valence-corrected chi connectivity index (χ2v) is 12.0. The quantitative estimate of drug-likeness (QED) is 0.544. The first-order chi connectivity index (χ1) is 14.8. The van der Waals surface area contributed by atoms with E-state index in [9.17, 15) is 14.7 Å². The van der Waals surface area contributed by atoms with Crippen molar-refractivity contribution >= 4 is 11.8 Å². The van der Waals surface area contributed by atoms with Crippen LogP contribution < -0.4 is 0 Å². The maximum absolute atomic E-state index is 13.4.